The number of anilines is 1. The maximum atomic E-state index is 11.4. The molecule has 4 aromatic heterocycles. The molecule has 1 aliphatic heterocycles. The first-order chi connectivity index (χ1) is 19.4. The number of piperidine rings is 1. The highest BCUT2D eigenvalue weighted by Crippen LogP contribution is 2.54. The van der Waals surface area contributed by atoms with Crippen molar-refractivity contribution in [2.75, 3.05) is 25.1 Å². The number of aromatic nitrogens is 5. The smallest absolute Gasteiger partial charge is 0.354 e. The number of carbonyl (C=O) groups is 1. The Bertz CT molecular complexity index is 1630. The highest BCUT2D eigenvalue weighted by molar-refractivity contribution is 6.39. The molecular formula is C27H22Cl2N6O5. The van der Waals surface area contributed by atoms with Crippen LogP contribution < -0.4 is 9.64 Å². The molecule has 2 aliphatic carbocycles. The molecule has 0 amide bonds. The van der Waals surface area contributed by atoms with Crippen molar-refractivity contribution >= 4 is 41.2 Å². The van der Waals surface area contributed by atoms with E-state index in [-0.39, 0.29) is 17.5 Å². The number of nitrogens with zero attached hydrogens (tertiary/aromatic N) is 6. The van der Waals surface area contributed by atoms with Gasteiger partial charge in [0.1, 0.15) is 11.5 Å². The fraction of sp³-hybridized carbons (Fsp3) is 0.333. The molecule has 11 nitrogen and oxygen atoms in total. The Balaban J connectivity index is 1.07. The number of rotatable bonds is 8. The number of aromatic carboxylic acids is 1. The van der Waals surface area contributed by atoms with E-state index in [0.29, 0.717) is 56.5 Å². The van der Waals surface area contributed by atoms with Gasteiger partial charge in [-0.1, -0.05) is 40.5 Å². The zero-order valence-electron chi connectivity index (χ0n) is 21.1. The van der Waals surface area contributed by atoms with Crippen LogP contribution in [0.15, 0.2) is 39.6 Å². The van der Waals surface area contributed by atoms with E-state index in [1.54, 1.807) is 18.5 Å². The van der Waals surface area contributed by atoms with Crippen molar-refractivity contribution in [1.29, 1.82) is 0 Å². The topological polar surface area (TPSA) is 140 Å². The molecule has 0 aromatic carbocycles. The Kier molecular flexibility index (Phi) is 6.01. The number of methoxy groups -OCH3 is 1. The lowest BCUT2D eigenvalue weighted by molar-refractivity contribution is 0.0689. The number of allylic oxidation sites excluding steroid dienone is 1. The van der Waals surface area contributed by atoms with Gasteiger partial charge < -0.3 is 23.8 Å². The molecule has 4 aromatic rings. The van der Waals surface area contributed by atoms with Crippen LogP contribution >= 0.6 is 23.2 Å². The van der Waals surface area contributed by atoms with Crippen LogP contribution in [0.5, 0.6) is 5.88 Å². The summed E-state index contributed by atoms with van der Waals surface area (Å²) in [6.07, 6.45) is 9.60. The van der Waals surface area contributed by atoms with Gasteiger partial charge in [0.05, 0.1) is 17.2 Å². The molecular weight excluding hydrogens is 559 g/mol. The van der Waals surface area contributed by atoms with E-state index < -0.39 is 5.97 Å². The number of carboxylic acids is 1. The standard InChI is InChI=1S/C27H22Cl2N6O5/c1-38-21-7-13(6-20(31-21)26(36)37)25-32-27(34-40-25)35-10-16-14(17(16)11-35)4-5-15-23(33-39-24(15)12-2-3-12)22-18(28)8-30-9-19(22)29/h4-9,12,14,16-17H,2-3,10-11H2,1H3,(H,36,37)/b5-4+. The predicted molar refractivity (Wildman–Crippen MR) is 144 cm³/mol. The van der Waals surface area contributed by atoms with Gasteiger partial charge in [-0.15, -0.1) is 0 Å². The third kappa shape index (κ3) is 4.39. The maximum Gasteiger partial charge on any atom is 0.354 e. The van der Waals surface area contributed by atoms with Gasteiger partial charge in [-0.3, -0.25) is 4.98 Å². The SMILES string of the molecule is COc1cc(-c2nc(N3CC4C(/C=C/c5c(-c6c(Cl)cncc6Cl)noc5C5CC5)C4C3)no2)cc(C(=O)O)n1. The van der Waals surface area contributed by atoms with Crippen LogP contribution in [0, 0.1) is 17.8 Å². The Morgan fingerprint density at radius 1 is 1.10 bits per heavy atom. The summed E-state index contributed by atoms with van der Waals surface area (Å²) in [6.45, 7) is 1.57. The average Bonchev–Trinajstić information content (AvgIpc) is 3.68. The van der Waals surface area contributed by atoms with Crippen LogP contribution in [0.2, 0.25) is 10.0 Å². The van der Waals surface area contributed by atoms with E-state index in [0.717, 1.165) is 37.3 Å². The van der Waals surface area contributed by atoms with Crippen molar-refractivity contribution < 1.29 is 23.7 Å². The fourth-order valence-electron chi connectivity index (χ4n) is 5.46. The second-order valence-electron chi connectivity index (χ2n) is 10.2. The predicted octanol–water partition coefficient (Wildman–Crippen LogP) is 5.47. The van der Waals surface area contributed by atoms with E-state index in [2.05, 4.69) is 42.3 Å². The van der Waals surface area contributed by atoms with Gasteiger partial charge in [0.2, 0.25) is 5.88 Å². The monoisotopic (exact) mass is 580 g/mol. The summed E-state index contributed by atoms with van der Waals surface area (Å²) in [6, 6.07) is 2.94. The number of pyridine rings is 2. The lowest BCUT2D eigenvalue weighted by Gasteiger charge is -2.15. The summed E-state index contributed by atoms with van der Waals surface area (Å²) in [5, 5.41) is 18.7. The lowest BCUT2D eigenvalue weighted by Crippen LogP contribution is -2.24. The molecule has 13 heteroatoms. The molecule has 1 saturated heterocycles. The van der Waals surface area contributed by atoms with Crippen LogP contribution in [0.3, 0.4) is 0 Å². The van der Waals surface area contributed by atoms with Crippen molar-refractivity contribution in [2.24, 2.45) is 17.8 Å². The normalized spacial score (nSPS) is 21.7. The Morgan fingerprint density at radius 3 is 2.52 bits per heavy atom. The zero-order valence-corrected chi connectivity index (χ0v) is 22.6. The second-order valence-corrected chi connectivity index (χ2v) is 11.0. The van der Waals surface area contributed by atoms with Crippen molar-refractivity contribution in [2.45, 2.75) is 18.8 Å². The quantitative estimate of drug-likeness (QED) is 0.283. The van der Waals surface area contributed by atoms with Gasteiger partial charge in [0.15, 0.2) is 5.69 Å². The second kappa shape index (κ2) is 9.60. The summed E-state index contributed by atoms with van der Waals surface area (Å²) in [5.41, 5.74) is 2.46. The highest BCUT2D eigenvalue weighted by atomic mass is 35.5. The molecule has 40 heavy (non-hydrogen) atoms. The third-order valence-corrected chi connectivity index (χ3v) is 8.29. The Morgan fingerprint density at radius 2 is 1.85 bits per heavy atom. The molecule has 204 valence electrons. The van der Waals surface area contributed by atoms with Gasteiger partial charge in [-0.2, -0.15) is 4.98 Å². The zero-order chi connectivity index (χ0) is 27.5. The minimum atomic E-state index is -1.17. The third-order valence-electron chi connectivity index (χ3n) is 7.71. The molecule has 5 heterocycles. The summed E-state index contributed by atoms with van der Waals surface area (Å²) in [7, 11) is 1.42. The Hall–Kier alpha value is -3.96. The molecule has 3 aliphatic rings. The van der Waals surface area contributed by atoms with Gasteiger partial charge in [0, 0.05) is 54.2 Å². The maximum absolute atomic E-state index is 11.4. The number of ether oxygens (including phenoxy) is 1. The molecule has 0 bridgehead atoms. The van der Waals surface area contributed by atoms with Crippen LogP contribution in [0.4, 0.5) is 5.95 Å². The van der Waals surface area contributed by atoms with E-state index in [1.807, 2.05) is 0 Å². The first-order valence-corrected chi connectivity index (χ1v) is 13.5. The number of hydrogen-bond donors (Lipinski definition) is 1. The van der Waals surface area contributed by atoms with E-state index in [4.69, 9.17) is 37.0 Å². The van der Waals surface area contributed by atoms with Gasteiger partial charge in [-0.25, -0.2) is 9.78 Å². The minimum Gasteiger partial charge on any atom is -0.481 e. The fourth-order valence-corrected chi connectivity index (χ4v) is 6.01. The van der Waals surface area contributed by atoms with Crippen molar-refractivity contribution in [3.63, 3.8) is 0 Å². The van der Waals surface area contributed by atoms with Crippen LogP contribution in [0.1, 0.15) is 40.6 Å². The molecule has 2 saturated carbocycles. The first-order valence-electron chi connectivity index (χ1n) is 12.8. The molecule has 0 spiro atoms. The van der Waals surface area contributed by atoms with E-state index in [9.17, 15) is 9.90 Å². The highest BCUT2D eigenvalue weighted by Gasteiger charge is 2.55. The van der Waals surface area contributed by atoms with Gasteiger partial charge in [0.25, 0.3) is 11.8 Å². The average molecular weight is 581 g/mol. The van der Waals surface area contributed by atoms with Crippen LogP contribution in [-0.4, -0.2) is 56.5 Å². The molecule has 2 atom stereocenters. The van der Waals surface area contributed by atoms with E-state index in [1.165, 1.54) is 13.2 Å². The lowest BCUT2D eigenvalue weighted by atomic mass is 10.0. The summed E-state index contributed by atoms with van der Waals surface area (Å²) in [4.78, 5) is 26.0. The molecule has 3 fully saturated rings. The number of fused-ring (bicyclic) bond motifs is 1. The van der Waals surface area contributed by atoms with Crippen LogP contribution in [0.25, 0.3) is 28.8 Å². The van der Waals surface area contributed by atoms with Crippen molar-refractivity contribution in [1.82, 2.24) is 25.3 Å². The number of carboxylic acid groups (broad SMARTS) is 1. The summed E-state index contributed by atoms with van der Waals surface area (Å²) >= 11 is 12.9. The molecule has 7 rings (SSSR count). The van der Waals surface area contributed by atoms with Crippen LogP contribution in [-0.2, 0) is 0 Å². The van der Waals surface area contributed by atoms with Crippen molar-refractivity contribution in [3.05, 3.63) is 57.7 Å². The largest absolute Gasteiger partial charge is 0.481 e. The van der Waals surface area contributed by atoms with E-state index >= 15 is 0 Å². The molecule has 2 unspecified atom stereocenters. The first kappa shape index (κ1) is 25.0. The summed E-state index contributed by atoms with van der Waals surface area (Å²) in [5.74, 6) is 2.22. The molecule has 1 N–H and O–H groups in total. The molecule has 0 radical (unpaired) electrons. The van der Waals surface area contributed by atoms with Gasteiger partial charge >= 0.3 is 5.97 Å². The number of hydrogen-bond acceptors (Lipinski definition) is 10. The summed E-state index contributed by atoms with van der Waals surface area (Å²) < 4.78 is 16.3. The van der Waals surface area contributed by atoms with Gasteiger partial charge in [-0.05, 0) is 41.8 Å². The number of halogens is 2. The minimum absolute atomic E-state index is 0.154. The van der Waals surface area contributed by atoms with Crippen molar-refractivity contribution in [3.8, 4) is 28.6 Å². The Labute approximate surface area is 237 Å².